The molecule has 1 N–H and O–H groups in total. The number of carboxylic acid groups (broad SMARTS) is 1. The Morgan fingerprint density at radius 1 is 0.931 bits per heavy atom. The summed E-state index contributed by atoms with van der Waals surface area (Å²) in [5.74, 6) is 0.166. The summed E-state index contributed by atoms with van der Waals surface area (Å²) in [4.78, 5) is 11.3. The van der Waals surface area contributed by atoms with Crippen LogP contribution in [0.3, 0.4) is 0 Å². The topological polar surface area (TPSA) is 46.5 Å². The molecule has 0 bridgehead atoms. The summed E-state index contributed by atoms with van der Waals surface area (Å²) in [6.07, 6.45) is 5.76. The summed E-state index contributed by atoms with van der Waals surface area (Å²) in [5, 5.41) is 9.30. The number of hydrogen-bond acceptors (Lipinski definition) is 2. The monoisotopic (exact) mass is 390 g/mol. The zero-order chi connectivity index (χ0) is 20.6. The van der Waals surface area contributed by atoms with E-state index in [4.69, 9.17) is 4.74 Å². The molecule has 0 spiro atoms. The van der Waals surface area contributed by atoms with Crippen LogP contribution < -0.4 is 4.74 Å². The number of ether oxygens (including phenoxy) is 1. The van der Waals surface area contributed by atoms with Gasteiger partial charge in [0.05, 0.1) is 11.0 Å². The fourth-order valence-corrected chi connectivity index (χ4v) is 6.03. The smallest absolute Gasteiger partial charge is 0.335 e. The minimum absolute atomic E-state index is 0.142. The Balaban J connectivity index is 1.71. The highest BCUT2D eigenvalue weighted by molar-refractivity contribution is 5.87. The highest BCUT2D eigenvalue weighted by Crippen LogP contribution is 2.58. The highest BCUT2D eigenvalue weighted by atomic mass is 16.5. The van der Waals surface area contributed by atoms with Crippen molar-refractivity contribution in [1.29, 1.82) is 0 Å². The molecule has 1 fully saturated rings. The molecule has 0 aromatic heterocycles. The lowest BCUT2D eigenvalue weighted by atomic mass is 9.61. The number of carboxylic acids is 1. The van der Waals surface area contributed by atoms with Gasteiger partial charge in [0.15, 0.2) is 0 Å². The molecule has 0 amide bonds. The molecule has 0 unspecified atom stereocenters. The average Bonchev–Trinajstić information content (AvgIpc) is 3.22. The van der Waals surface area contributed by atoms with Gasteiger partial charge in [-0.25, -0.2) is 4.79 Å². The average molecular weight is 391 g/mol. The second-order valence-corrected chi connectivity index (χ2v) is 10.5. The first-order chi connectivity index (χ1) is 13.6. The molecule has 5 rings (SSSR count). The van der Waals surface area contributed by atoms with Gasteiger partial charge in [-0.2, -0.15) is 0 Å². The fraction of sp³-hybridized carbons (Fsp3) is 0.500. The Bertz CT molecular complexity index is 999. The molecular weight excluding hydrogens is 360 g/mol. The standard InChI is InChI=1S/C26H30O3/c1-24(2)12-13-25(3,4)19-15-21-20(14-18(19)24)26(11-5-6-22(26)29-21)17-9-7-16(8-10-17)23(27)28/h7-10,14-15,22H,5-6,11-13H2,1-4H3,(H,27,28)/t22-,26+/m1/s1. The van der Waals surface area contributed by atoms with Gasteiger partial charge in [0.25, 0.3) is 0 Å². The summed E-state index contributed by atoms with van der Waals surface area (Å²) in [6, 6.07) is 12.3. The summed E-state index contributed by atoms with van der Waals surface area (Å²) in [6.45, 7) is 9.43. The summed E-state index contributed by atoms with van der Waals surface area (Å²) >= 11 is 0. The van der Waals surface area contributed by atoms with Crippen molar-refractivity contribution in [2.75, 3.05) is 0 Å². The first-order valence-corrected chi connectivity index (χ1v) is 10.9. The first kappa shape index (κ1) is 18.7. The zero-order valence-electron chi connectivity index (χ0n) is 17.8. The van der Waals surface area contributed by atoms with Gasteiger partial charge in [0.1, 0.15) is 11.9 Å². The minimum atomic E-state index is -0.877. The van der Waals surface area contributed by atoms with E-state index in [0.29, 0.717) is 5.56 Å². The number of rotatable bonds is 2. The van der Waals surface area contributed by atoms with E-state index in [1.165, 1.54) is 35.1 Å². The van der Waals surface area contributed by atoms with Crippen LogP contribution in [0.5, 0.6) is 5.75 Å². The normalized spacial score (nSPS) is 28.2. The molecule has 1 heterocycles. The van der Waals surface area contributed by atoms with Crippen molar-refractivity contribution in [3.63, 3.8) is 0 Å². The van der Waals surface area contributed by atoms with Crippen molar-refractivity contribution in [1.82, 2.24) is 0 Å². The van der Waals surface area contributed by atoms with Crippen molar-refractivity contribution < 1.29 is 14.6 Å². The van der Waals surface area contributed by atoms with E-state index in [2.05, 4.69) is 39.8 Å². The number of fused-ring (bicyclic) bond motifs is 4. The lowest BCUT2D eigenvalue weighted by Crippen LogP contribution is -2.36. The molecule has 2 aromatic rings. The Hall–Kier alpha value is -2.29. The van der Waals surface area contributed by atoms with Crippen LogP contribution in [0.25, 0.3) is 0 Å². The van der Waals surface area contributed by atoms with Gasteiger partial charge in [0, 0.05) is 5.56 Å². The molecule has 3 nitrogen and oxygen atoms in total. The maximum absolute atomic E-state index is 11.3. The molecule has 2 aromatic carbocycles. The third-order valence-electron chi connectivity index (χ3n) is 7.94. The van der Waals surface area contributed by atoms with Crippen molar-refractivity contribution in [3.8, 4) is 5.75 Å². The number of carbonyl (C=O) groups is 1. The fourth-order valence-electron chi connectivity index (χ4n) is 6.03. The van der Waals surface area contributed by atoms with E-state index in [9.17, 15) is 9.90 Å². The molecule has 1 aliphatic heterocycles. The van der Waals surface area contributed by atoms with Gasteiger partial charge in [-0.05, 0) is 77.8 Å². The van der Waals surface area contributed by atoms with Crippen molar-refractivity contribution in [2.45, 2.75) is 82.1 Å². The van der Waals surface area contributed by atoms with Gasteiger partial charge in [-0.15, -0.1) is 0 Å². The minimum Gasteiger partial charge on any atom is -0.489 e. The Morgan fingerprint density at radius 2 is 1.55 bits per heavy atom. The molecule has 29 heavy (non-hydrogen) atoms. The molecule has 2 atom stereocenters. The Morgan fingerprint density at radius 3 is 2.17 bits per heavy atom. The second kappa shape index (κ2) is 5.87. The van der Waals surface area contributed by atoms with E-state index in [1.54, 1.807) is 12.1 Å². The van der Waals surface area contributed by atoms with Crippen LogP contribution in [0.1, 0.15) is 92.4 Å². The summed E-state index contributed by atoms with van der Waals surface area (Å²) in [5.41, 5.74) is 5.91. The number of benzene rings is 2. The third kappa shape index (κ3) is 2.52. The molecule has 152 valence electrons. The Labute approximate surface area is 173 Å². The predicted octanol–water partition coefficient (Wildman–Crippen LogP) is 5.96. The highest BCUT2D eigenvalue weighted by Gasteiger charge is 2.54. The molecule has 0 saturated heterocycles. The molecule has 1 saturated carbocycles. The molecular formula is C26H30O3. The predicted molar refractivity (Wildman–Crippen MR) is 114 cm³/mol. The molecule has 0 radical (unpaired) electrons. The van der Waals surface area contributed by atoms with Gasteiger partial charge in [-0.3, -0.25) is 0 Å². The lowest BCUT2D eigenvalue weighted by Gasteiger charge is -2.42. The number of hydrogen-bond donors (Lipinski definition) is 1. The largest absolute Gasteiger partial charge is 0.489 e. The lowest BCUT2D eigenvalue weighted by molar-refractivity contribution is 0.0697. The van der Waals surface area contributed by atoms with E-state index < -0.39 is 5.97 Å². The number of aromatic carboxylic acids is 1. The maximum Gasteiger partial charge on any atom is 0.335 e. The summed E-state index contributed by atoms with van der Waals surface area (Å²) in [7, 11) is 0. The van der Waals surface area contributed by atoms with E-state index in [0.717, 1.165) is 25.0 Å². The van der Waals surface area contributed by atoms with Gasteiger partial charge in [0.2, 0.25) is 0 Å². The molecule has 3 heteroatoms. The van der Waals surface area contributed by atoms with Crippen molar-refractivity contribution in [2.24, 2.45) is 0 Å². The van der Waals surface area contributed by atoms with Crippen LogP contribution in [-0.2, 0) is 16.2 Å². The van der Waals surface area contributed by atoms with Crippen molar-refractivity contribution >= 4 is 5.97 Å². The second-order valence-electron chi connectivity index (χ2n) is 10.5. The van der Waals surface area contributed by atoms with Gasteiger partial charge in [-0.1, -0.05) is 45.9 Å². The van der Waals surface area contributed by atoms with Crippen LogP contribution >= 0.6 is 0 Å². The first-order valence-electron chi connectivity index (χ1n) is 10.9. The third-order valence-corrected chi connectivity index (χ3v) is 7.94. The van der Waals surface area contributed by atoms with Crippen LogP contribution in [0.2, 0.25) is 0 Å². The van der Waals surface area contributed by atoms with Crippen molar-refractivity contribution in [3.05, 3.63) is 64.2 Å². The maximum atomic E-state index is 11.3. The quantitative estimate of drug-likeness (QED) is 0.688. The van der Waals surface area contributed by atoms with Gasteiger partial charge < -0.3 is 9.84 Å². The van der Waals surface area contributed by atoms with E-state index >= 15 is 0 Å². The van der Waals surface area contributed by atoms with E-state index in [1.807, 2.05) is 12.1 Å². The van der Waals surface area contributed by atoms with Crippen LogP contribution in [-0.4, -0.2) is 17.2 Å². The molecule has 3 aliphatic rings. The molecule has 2 aliphatic carbocycles. The van der Waals surface area contributed by atoms with Crippen LogP contribution in [0, 0.1) is 0 Å². The Kier molecular flexibility index (Phi) is 3.79. The zero-order valence-corrected chi connectivity index (χ0v) is 17.8. The van der Waals surface area contributed by atoms with E-state index in [-0.39, 0.29) is 22.3 Å². The SMILES string of the molecule is CC1(C)CCC(C)(C)c2cc3c(cc21)O[C@@H]1CCC[C@]31c1ccc(C(=O)O)cc1. The van der Waals surface area contributed by atoms with Gasteiger partial charge >= 0.3 is 5.97 Å². The van der Waals surface area contributed by atoms with Crippen LogP contribution in [0.4, 0.5) is 0 Å². The summed E-state index contributed by atoms with van der Waals surface area (Å²) < 4.78 is 6.58. The van der Waals surface area contributed by atoms with Crippen LogP contribution in [0.15, 0.2) is 36.4 Å².